The number of carbonyl (C=O) groups excluding carboxylic acids is 1. The van der Waals surface area contributed by atoms with Crippen LogP contribution in [0, 0.1) is 11.8 Å². The molecule has 0 bridgehead atoms. The van der Waals surface area contributed by atoms with E-state index in [-0.39, 0.29) is 17.9 Å². The lowest BCUT2D eigenvalue weighted by atomic mass is 9.93. The summed E-state index contributed by atoms with van der Waals surface area (Å²) in [4.78, 5) is 12.4. The largest absolute Gasteiger partial charge is 0.381 e. The normalized spacial score (nSPS) is 17.7. The van der Waals surface area contributed by atoms with E-state index in [1.807, 2.05) is 0 Å². The van der Waals surface area contributed by atoms with E-state index in [1.54, 1.807) is 0 Å². The number of amides is 1. The van der Waals surface area contributed by atoms with Gasteiger partial charge in [-0.2, -0.15) is 0 Å². The molecule has 0 radical (unpaired) electrons. The van der Waals surface area contributed by atoms with Gasteiger partial charge in [0.15, 0.2) is 0 Å². The minimum Gasteiger partial charge on any atom is -0.381 e. The van der Waals surface area contributed by atoms with Crippen LogP contribution in [0.15, 0.2) is 24.3 Å². The molecular weight excluding hydrogens is 262 g/mol. The number of ether oxygens (including phenoxy) is 1. The summed E-state index contributed by atoms with van der Waals surface area (Å²) >= 11 is 0. The van der Waals surface area contributed by atoms with Gasteiger partial charge in [0.25, 0.3) is 0 Å². The van der Waals surface area contributed by atoms with Crippen LogP contribution in [0.1, 0.15) is 50.8 Å². The van der Waals surface area contributed by atoms with Gasteiger partial charge in [0.1, 0.15) is 0 Å². The Bertz CT molecular complexity index is 447. The first-order valence-electron chi connectivity index (χ1n) is 8.08. The third-order valence-electron chi connectivity index (χ3n) is 4.30. The van der Waals surface area contributed by atoms with Gasteiger partial charge in [-0.25, -0.2) is 0 Å². The predicted octanol–water partition coefficient (Wildman–Crippen LogP) is 3.49. The van der Waals surface area contributed by atoms with E-state index >= 15 is 0 Å². The highest BCUT2D eigenvalue weighted by Gasteiger charge is 2.25. The first kappa shape index (κ1) is 16.0. The van der Waals surface area contributed by atoms with Gasteiger partial charge in [-0.15, -0.1) is 0 Å². The van der Waals surface area contributed by atoms with Crippen LogP contribution in [-0.2, 0) is 16.0 Å². The molecule has 1 heterocycles. The van der Waals surface area contributed by atoms with Crippen molar-refractivity contribution in [2.45, 2.75) is 46.1 Å². The van der Waals surface area contributed by atoms with E-state index < -0.39 is 0 Å². The van der Waals surface area contributed by atoms with E-state index in [9.17, 15) is 4.79 Å². The molecule has 2 rings (SSSR count). The number of hydrogen-bond acceptors (Lipinski definition) is 2. The van der Waals surface area contributed by atoms with Crippen LogP contribution in [0.2, 0.25) is 0 Å². The number of carbonyl (C=O) groups is 1. The topological polar surface area (TPSA) is 38.3 Å². The molecule has 1 fully saturated rings. The quantitative estimate of drug-likeness (QED) is 0.901. The summed E-state index contributed by atoms with van der Waals surface area (Å²) in [6.07, 6.45) is 2.72. The fourth-order valence-electron chi connectivity index (χ4n) is 2.83. The van der Waals surface area contributed by atoms with Crippen molar-refractivity contribution in [3.05, 3.63) is 35.4 Å². The molecule has 3 nitrogen and oxygen atoms in total. The lowest BCUT2D eigenvalue weighted by Crippen LogP contribution is -2.38. The fourth-order valence-corrected chi connectivity index (χ4v) is 2.83. The van der Waals surface area contributed by atoms with Crippen molar-refractivity contribution < 1.29 is 9.53 Å². The summed E-state index contributed by atoms with van der Waals surface area (Å²) in [6, 6.07) is 8.70. The molecule has 116 valence electrons. The monoisotopic (exact) mass is 289 g/mol. The van der Waals surface area contributed by atoms with Crippen molar-refractivity contribution >= 4 is 5.91 Å². The number of benzene rings is 1. The molecule has 1 saturated heterocycles. The number of nitrogens with one attached hydrogen (secondary N) is 1. The van der Waals surface area contributed by atoms with Gasteiger partial charge in [-0.05, 0) is 36.3 Å². The molecule has 21 heavy (non-hydrogen) atoms. The summed E-state index contributed by atoms with van der Waals surface area (Å²) in [5, 5.41) is 3.25. The lowest BCUT2D eigenvalue weighted by molar-refractivity contribution is -0.129. The number of aryl methyl sites for hydroxylation is 1. The van der Waals surface area contributed by atoms with Gasteiger partial charge in [-0.3, -0.25) is 4.79 Å². The van der Waals surface area contributed by atoms with E-state index in [4.69, 9.17) is 4.74 Å². The van der Waals surface area contributed by atoms with E-state index in [0.29, 0.717) is 19.1 Å². The zero-order valence-electron chi connectivity index (χ0n) is 13.4. The molecular formula is C18H27NO2. The zero-order chi connectivity index (χ0) is 15.2. The molecule has 1 aliphatic rings. The summed E-state index contributed by atoms with van der Waals surface area (Å²) in [6.45, 7) is 7.87. The Labute approximate surface area is 128 Å². The molecule has 1 unspecified atom stereocenters. The Hall–Kier alpha value is -1.35. The molecule has 1 amide bonds. The van der Waals surface area contributed by atoms with Gasteiger partial charge in [0.05, 0.1) is 6.04 Å². The molecule has 0 aromatic heterocycles. The first-order chi connectivity index (χ1) is 10.1. The highest BCUT2D eigenvalue weighted by Crippen LogP contribution is 2.24. The molecule has 0 saturated carbocycles. The molecule has 1 aliphatic heterocycles. The zero-order valence-corrected chi connectivity index (χ0v) is 13.4. The molecule has 3 heteroatoms. The Balaban J connectivity index is 2.05. The second-order valence-electron chi connectivity index (χ2n) is 6.21. The van der Waals surface area contributed by atoms with Crippen LogP contribution in [0.25, 0.3) is 0 Å². The molecule has 1 N–H and O–H groups in total. The standard InChI is InChI=1S/C18H27NO2/c1-4-14-5-7-15(8-6-14)17(13(2)3)19-18(20)16-9-11-21-12-10-16/h5-8,13,16-17H,4,9-12H2,1-3H3,(H,19,20). The van der Waals surface area contributed by atoms with Gasteiger partial charge in [-0.1, -0.05) is 45.0 Å². The third-order valence-corrected chi connectivity index (χ3v) is 4.30. The van der Waals surface area contributed by atoms with Gasteiger partial charge >= 0.3 is 0 Å². The Morgan fingerprint density at radius 3 is 2.38 bits per heavy atom. The summed E-state index contributed by atoms with van der Waals surface area (Å²) < 4.78 is 5.33. The maximum Gasteiger partial charge on any atom is 0.223 e. The van der Waals surface area contributed by atoms with Gasteiger partial charge in [0, 0.05) is 19.1 Å². The number of rotatable bonds is 5. The third kappa shape index (κ3) is 4.31. The van der Waals surface area contributed by atoms with Crippen molar-refractivity contribution in [1.82, 2.24) is 5.32 Å². The Morgan fingerprint density at radius 1 is 1.24 bits per heavy atom. The second kappa shape index (κ2) is 7.60. The first-order valence-corrected chi connectivity index (χ1v) is 8.08. The fraction of sp³-hybridized carbons (Fsp3) is 0.611. The van der Waals surface area contributed by atoms with Crippen molar-refractivity contribution in [3.63, 3.8) is 0 Å². The van der Waals surface area contributed by atoms with Crippen molar-refractivity contribution in [2.75, 3.05) is 13.2 Å². The molecule has 0 aliphatic carbocycles. The smallest absolute Gasteiger partial charge is 0.223 e. The van der Waals surface area contributed by atoms with E-state index in [1.165, 1.54) is 11.1 Å². The molecule has 0 spiro atoms. The van der Waals surface area contributed by atoms with Crippen LogP contribution >= 0.6 is 0 Å². The average Bonchev–Trinajstić information content (AvgIpc) is 2.53. The minimum absolute atomic E-state index is 0.0891. The van der Waals surface area contributed by atoms with Crippen molar-refractivity contribution in [3.8, 4) is 0 Å². The molecule has 1 aromatic rings. The van der Waals surface area contributed by atoms with Crippen LogP contribution in [0.5, 0.6) is 0 Å². The Kier molecular flexibility index (Phi) is 5.80. The van der Waals surface area contributed by atoms with Crippen LogP contribution in [-0.4, -0.2) is 19.1 Å². The summed E-state index contributed by atoms with van der Waals surface area (Å²) in [5.41, 5.74) is 2.53. The predicted molar refractivity (Wildman–Crippen MR) is 85.1 cm³/mol. The van der Waals surface area contributed by atoms with Crippen LogP contribution < -0.4 is 5.32 Å². The average molecular weight is 289 g/mol. The maximum atomic E-state index is 12.4. The van der Waals surface area contributed by atoms with Gasteiger partial charge < -0.3 is 10.1 Å². The van der Waals surface area contributed by atoms with Crippen LogP contribution in [0.3, 0.4) is 0 Å². The Morgan fingerprint density at radius 2 is 1.86 bits per heavy atom. The van der Waals surface area contributed by atoms with E-state index in [2.05, 4.69) is 50.4 Å². The summed E-state index contributed by atoms with van der Waals surface area (Å²) in [5.74, 6) is 0.660. The number of hydrogen-bond donors (Lipinski definition) is 1. The van der Waals surface area contributed by atoms with Crippen molar-refractivity contribution in [1.29, 1.82) is 0 Å². The summed E-state index contributed by atoms with van der Waals surface area (Å²) in [7, 11) is 0. The lowest BCUT2D eigenvalue weighted by Gasteiger charge is -2.27. The molecule has 1 atom stereocenters. The van der Waals surface area contributed by atoms with Crippen LogP contribution in [0.4, 0.5) is 0 Å². The SMILES string of the molecule is CCc1ccc(C(NC(=O)C2CCOCC2)C(C)C)cc1. The minimum atomic E-state index is 0.0891. The second-order valence-corrected chi connectivity index (χ2v) is 6.21. The highest BCUT2D eigenvalue weighted by molar-refractivity contribution is 5.79. The van der Waals surface area contributed by atoms with Gasteiger partial charge in [0.2, 0.25) is 5.91 Å². The molecule has 1 aromatic carbocycles. The highest BCUT2D eigenvalue weighted by atomic mass is 16.5. The van der Waals surface area contributed by atoms with E-state index in [0.717, 1.165) is 19.3 Å². The maximum absolute atomic E-state index is 12.4. The van der Waals surface area contributed by atoms with Crippen molar-refractivity contribution in [2.24, 2.45) is 11.8 Å².